The van der Waals surface area contributed by atoms with E-state index in [1.54, 1.807) is 23.9 Å². The Balaban J connectivity index is 1.98. The topological polar surface area (TPSA) is 75.7 Å². The fourth-order valence-corrected chi connectivity index (χ4v) is 3.36. The fourth-order valence-electron chi connectivity index (χ4n) is 1.84. The van der Waals surface area contributed by atoms with Gasteiger partial charge in [-0.25, -0.2) is 13.4 Å². The SMILES string of the molecule is CCc1n[nH]c(CS[C@@H](C)c2ccc(S(C)(=O)=O)cc2)n1. The van der Waals surface area contributed by atoms with E-state index >= 15 is 0 Å². The molecule has 0 aliphatic rings. The van der Waals surface area contributed by atoms with Gasteiger partial charge >= 0.3 is 0 Å². The number of hydrogen-bond acceptors (Lipinski definition) is 5. The second kappa shape index (κ2) is 6.62. The summed E-state index contributed by atoms with van der Waals surface area (Å²) in [5.74, 6) is 2.45. The molecule has 0 radical (unpaired) electrons. The number of hydrogen-bond donors (Lipinski definition) is 1. The van der Waals surface area contributed by atoms with E-state index < -0.39 is 9.84 Å². The van der Waals surface area contributed by atoms with Crippen LogP contribution in [0.25, 0.3) is 0 Å². The van der Waals surface area contributed by atoms with Crippen LogP contribution in [0.15, 0.2) is 29.2 Å². The van der Waals surface area contributed by atoms with Crippen LogP contribution in [0.2, 0.25) is 0 Å². The molecule has 1 aromatic carbocycles. The van der Waals surface area contributed by atoms with Crippen LogP contribution < -0.4 is 0 Å². The highest BCUT2D eigenvalue weighted by molar-refractivity contribution is 7.98. The predicted octanol–water partition coefficient (Wildman–Crippen LogP) is 2.77. The van der Waals surface area contributed by atoms with Crippen LogP contribution in [0, 0.1) is 0 Å². The van der Waals surface area contributed by atoms with Crippen molar-refractivity contribution < 1.29 is 8.42 Å². The zero-order valence-corrected chi connectivity index (χ0v) is 14.0. The third-order valence-electron chi connectivity index (χ3n) is 3.14. The molecule has 0 saturated heterocycles. The van der Waals surface area contributed by atoms with Crippen molar-refractivity contribution in [3.8, 4) is 0 Å². The number of aromatic nitrogens is 3. The number of aromatic amines is 1. The van der Waals surface area contributed by atoms with E-state index in [2.05, 4.69) is 22.1 Å². The Kier molecular flexibility index (Phi) is 5.05. The molecule has 1 N–H and O–H groups in total. The molecule has 0 spiro atoms. The highest BCUT2D eigenvalue weighted by Crippen LogP contribution is 2.30. The highest BCUT2D eigenvalue weighted by atomic mass is 32.2. The minimum atomic E-state index is -3.13. The minimum absolute atomic E-state index is 0.258. The molecule has 21 heavy (non-hydrogen) atoms. The van der Waals surface area contributed by atoms with Gasteiger partial charge in [0.25, 0.3) is 0 Å². The molecule has 7 heteroatoms. The summed E-state index contributed by atoms with van der Waals surface area (Å²) in [6.07, 6.45) is 2.04. The summed E-state index contributed by atoms with van der Waals surface area (Å²) in [4.78, 5) is 4.73. The first-order valence-electron chi connectivity index (χ1n) is 6.72. The summed E-state index contributed by atoms with van der Waals surface area (Å²) < 4.78 is 22.9. The first-order chi connectivity index (χ1) is 9.90. The van der Waals surface area contributed by atoms with Crippen LogP contribution in [0.1, 0.15) is 36.3 Å². The summed E-state index contributed by atoms with van der Waals surface area (Å²) in [6.45, 7) is 4.11. The third kappa shape index (κ3) is 4.31. The lowest BCUT2D eigenvalue weighted by Gasteiger charge is -2.11. The first kappa shape index (κ1) is 16.0. The average Bonchev–Trinajstić information content (AvgIpc) is 2.92. The lowest BCUT2D eigenvalue weighted by molar-refractivity contribution is 0.602. The normalized spacial score (nSPS) is 13.3. The smallest absolute Gasteiger partial charge is 0.175 e. The zero-order chi connectivity index (χ0) is 15.5. The largest absolute Gasteiger partial charge is 0.262 e. The van der Waals surface area contributed by atoms with Crippen molar-refractivity contribution in [2.45, 2.75) is 36.2 Å². The minimum Gasteiger partial charge on any atom is -0.262 e. The van der Waals surface area contributed by atoms with Crippen LogP contribution in [0.5, 0.6) is 0 Å². The van der Waals surface area contributed by atoms with Gasteiger partial charge in [0.15, 0.2) is 9.84 Å². The predicted molar refractivity (Wildman–Crippen MR) is 85.0 cm³/mol. The maximum absolute atomic E-state index is 11.4. The van der Waals surface area contributed by atoms with Gasteiger partial charge in [0, 0.05) is 17.9 Å². The lowest BCUT2D eigenvalue weighted by Crippen LogP contribution is -1.98. The molecular weight excluding hydrogens is 306 g/mol. The van der Waals surface area contributed by atoms with E-state index in [0.29, 0.717) is 4.90 Å². The van der Waals surface area contributed by atoms with Crippen molar-refractivity contribution in [3.05, 3.63) is 41.5 Å². The van der Waals surface area contributed by atoms with Crippen molar-refractivity contribution in [2.75, 3.05) is 6.26 Å². The molecule has 0 fully saturated rings. The van der Waals surface area contributed by atoms with E-state index in [1.165, 1.54) is 6.26 Å². The number of nitrogens with zero attached hydrogens (tertiary/aromatic N) is 2. The maximum Gasteiger partial charge on any atom is 0.175 e. The van der Waals surface area contributed by atoms with Crippen molar-refractivity contribution in [3.63, 3.8) is 0 Å². The fraction of sp³-hybridized carbons (Fsp3) is 0.429. The maximum atomic E-state index is 11.4. The molecule has 5 nitrogen and oxygen atoms in total. The number of rotatable bonds is 6. The van der Waals surface area contributed by atoms with Gasteiger partial charge in [-0.1, -0.05) is 19.1 Å². The summed E-state index contributed by atoms with van der Waals surface area (Å²) in [5, 5.41) is 7.30. The first-order valence-corrected chi connectivity index (χ1v) is 9.66. The molecule has 0 aliphatic carbocycles. The second-order valence-electron chi connectivity index (χ2n) is 4.85. The number of aryl methyl sites for hydroxylation is 1. The van der Waals surface area contributed by atoms with Gasteiger partial charge in [0.05, 0.1) is 10.6 Å². The van der Waals surface area contributed by atoms with Crippen LogP contribution in [-0.4, -0.2) is 29.9 Å². The van der Waals surface area contributed by atoms with Gasteiger partial charge in [0.1, 0.15) is 11.6 Å². The molecule has 1 aromatic heterocycles. The monoisotopic (exact) mass is 325 g/mol. The van der Waals surface area contributed by atoms with Gasteiger partial charge in [-0.2, -0.15) is 5.10 Å². The Morgan fingerprint density at radius 2 is 1.95 bits per heavy atom. The Hall–Kier alpha value is -1.34. The summed E-state index contributed by atoms with van der Waals surface area (Å²) >= 11 is 1.74. The lowest BCUT2D eigenvalue weighted by atomic mass is 10.2. The van der Waals surface area contributed by atoms with Gasteiger partial charge in [-0.3, -0.25) is 5.10 Å². The third-order valence-corrected chi connectivity index (χ3v) is 5.48. The molecule has 114 valence electrons. The van der Waals surface area contributed by atoms with Gasteiger partial charge in [-0.15, -0.1) is 11.8 Å². The Morgan fingerprint density at radius 3 is 2.48 bits per heavy atom. The van der Waals surface area contributed by atoms with Crippen molar-refractivity contribution >= 4 is 21.6 Å². The Morgan fingerprint density at radius 1 is 1.29 bits per heavy atom. The number of benzene rings is 1. The van der Waals surface area contributed by atoms with Gasteiger partial charge < -0.3 is 0 Å². The Labute approximate surface area is 129 Å². The molecule has 1 heterocycles. The van der Waals surface area contributed by atoms with E-state index in [0.717, 1.165) is 29.4 Å². The zero-order valence-electron chi connectivity index (χ0n) is 12.3. The average molecular weight is 325 g/mol. The molecule has 0 bridgehead atoms. The summed E-state index contributed by atoms with van der Waals surface area (Å²) in [5.41, 5.74) is 1.10. The number of thioether (sulfide) groups is 1. The van der Waals surface area contributed by atoms with Crippen LogP contribution >= 0.6 is 11.8 Å². The van der Waals surface area contributed by atoms with Crippen molar-refractivity contribution in [2.24, 2.45) is 0 Å². The molecule has 0 saturated carbocycles. The Bertz CT molecular complexity index is 693. The molecule has 0 aliphatic heterocycles. The van der Waals surface area contributed by atoms with Crippen LogP contribution in [0.3, 0.4) is 0 Å². The van der Waals surface area contributed by atoms with E-state index in [-0.39, 0.29) is 5.25 Å². The number of H-pyrrole nitrogens is 1. The quantitative estimate of drug-likeness (QED) is 0.884. The standard InChI is InChI=1S/C14H19N3O2S2/c1-4-13-15-14(17-16-13)9-20-10(2)11-5-7-12(8-6-11)21(3,18)19/h5-8,10H,4,9H2,1-3H3,(H,15,16,17)/t10-/m0/s1. The van der Waals surface area contributed by atoms with E-state index in [1.807, 2.05) is 19.1 Å². The molecule has 2 rings (SSSR count). The van der Waals surface area contributed by atoms with E-state index in [4.69, 9.17) is 0 Å². The van der Waals surface area contributed by atoms with Gasteiger partial charge in [-0.05, 0) is 24.6 Å². The van der Waals surface area contributed by atoms with Crippen LogP contribution in [-0.2, 0) is 22.0 Å². The molecule has 0 amide bonds. The summed E-state index contributed by atoms with van der Waals surface area (Å²) in [7, 11) is -3.13. The van der Waals surface area contributed by atoms with Crippen molar-refractivity contribution in [1.82, 2.24) is 15.2 Å². The molecule has 2 aromatic rings. The number of nitrogens with one attached hydrogen (secondary N) is 1. The second-order valence-corrected chi connectivity index (χ2v) is 8.19. The van der Waals surface area contributed by atoms with E-state index in [9.17, 15) is 8.42 Å². The number of sulfone groups is 1. The highest BCUT2D eigenvalue weighted by Gasteiger charge is 2.11. The van der Waals surface area contributed by atoms with Crippen molar-refractivity contribution in [1.29, 1.82) is 0 Å². The molecule has 0 unspecified atom stereocenters. The van der Waals surface area contributed by atoms with Crippen LogP contribution in [0.4, 0.5) is 0 Å². The molecule has 1 atom stereocenters. The molecular formula is C14H19N3O2S2. The summed E-state index contributed by atoms with van der Waals surface area (Å²) in [6, 6.07) is 7.05. The van der Waals surface area contributed by atoms with Gasteiger partial charge in [0.2, 0.25) is 0 Å².